The fraction of sp³-hybridized carbons (Fsp3) is 0.846. The van der Waals surface area contributed by atoms with Gasteiger partial charge in [-0.25, -0.2) is 0 Å². The average Bonchev–Trinajstić information content (AvgIpc) is 3.07. The maximum Gasteiger partial charge on any atom is 0.133 e. The van der Waals surface area contributed by atoms with Crippen LogP contribution >= 0.6 is 0 Å². The van der Waals surface area contributed by atoms with Crippen molar-refractivity contribution < 1.29 is 9.84 Å². The molecule has 1 saturated heterocycles. The molecule has 0 aromatic rings. The second-order valence-corrected chi connectivity index (χ2v) is 5.56. The highest BCUT2D eigenvalue weighted by Gasteiger charge is 2.58. The van der Waals surface area contributed by atoms with Gasteiger partial charge in [-0.05, 0) is 33.2 Å². The van der Waals surface area contributed by atoms with E-state index in [1.807, 2.05) is 13.8 Å². The van der Waals surface area contributed by atoms with Crippen molar-refractivity contribution in [3.05, 3.63) is 11.3 Å². The molecule has 0 saturated carbocycles. The summed E-state index contributed by atoms with van der Waals surface area (Å²) >= 11 is 0. The van der Waals surface area contributed by atoms with Crippen molar-refractivity contribution in [3.63, 3.8) is 0 Å². The van der Waals surface area contributed by atoms with Crippen LogP contribution in [-0.2, 0) is 4.74 Å². The Morgan fingerprint density at radius 3 is 2.79 bits per heavy atom. The summed E-state index contributed by atoms with van der Waals surface area (Å²) in [7, 11) is 1.64. The van der Waals surface area contributed by atoms with E-state index in [-0.39, 0.29) is 17.8 Å². The number of nitrogens with one attached hydrogen (secondary N) is 1. The molecule has 2 aliphatic heterocycles. The van der Waals surface area contributed by atoms with Crippen molar-refractivity contribution in [1.82, 2.24) is 10.2 Å². The SMILES string of the molecule is COC(C)C1=C([C@@H](C)N)N2C[C@@]2(CCCN)N[C@H]1O. The third-order valence-corrected chi connectivity index (χ3v) is 4.14. The first kappa shape index (κ1) is 14.7. The van der Waals surface area contributed by atoms with Gasteiger partial charge in [0.1, 0.15) is 11.9 Å². The predicted molar refractivity (Wildman–Crippen MR) is 74.0 cm³/mol. The van der Waals surface area contributed by atoms with Crippen LogP contribution in [0.2, 0.25) is 0 Å². The number of methoxy groups -OCH3 is 1. The van der Waals surface area contributed by atoms with E-state index >= 15 is 0 Å². The van der Waals surface area contributed by atoms with Crippen molar-refractivity contribution in [1.29, 1.82) is 0 Å². The molecular formula is C13H26N4O2. The van der Waals surface area contributed by atoms with Gasteiger partial charge in [-0.3, -0.25) is 5.32 Å². The van der Waals surface area contributed by atoms with Crippen LogP contribution in [0, 0.1) is 0 Å². The van der Waals surface area contributed by atoms with Crippen LogP contribution in [0.25, 0.3) is 0 Å². The minimum atomic E-state index is -0.701. The molecule has 4 atom stereocenters. The summed E-state index contributed by atoms with van der Waals surface area (Å²) in [6.07, 6.45) is 0.993. The van der Waals surface area contributed by atoms with Crippen LogP contribution in [0.1, 0.15) is 26.7 Å². The van der Waals surface area contributed by atoms with E-state index in [2.05, 4.69) is 10.2 Å². The summed E-state index contributed by atoms with van der Waals surface area (Å²) in [6.45, 7) is 5.41. The van der Waals surface area contributed by atoms with Gasteiger partial charge in [0, 0.05) is 24.4 Å². The normalized spacial score (nSPS) is 33.2. The summed E-state index contributed by atoms with van der Waals surface area (Å²) in [5.74, 6) is 0. The van der Waals surface area contributed by atoms with Crippen molar-refractivity contribution in [3.8, 4) is 0 Å². The summed E-state index contributed by atoms with van der Waals surface area (Å²) in [6, 6.07) is -0.121. The second kappa shape index (κ2) is 5.38. The Morgan fingerprint density at radius 1 is 1.58 bits per heavy atom. The van der Waals surface area contributed by atoms with Gasteiger partial charge in [-0.2, -0.15) is 0 Å². The quantitative estimate of drug-likeness (QED) is 0.476. The highest BCUT2D eigenvalue weighted by Crippen LogP contribution is 2.44. The van der Waals surface area contributed by atoms with E-state index in [9.17, 15) is 5.11 Å². The lowest BCUT2D eigenvalue weighted by atomic mass is 9.98. The van der Waals surface area contributed by atoms with Crippen LogP contribution < -0.4 is 16.8 Å². The molecular weight excluding hydrogens is 244 g/mol. The monoisotopic (exact) mass is 270 g/mol. The topological polar surface area (TPSA) is 96.5 Å². The molecule has 19 heavy (non-hydrogen) atoms. The van der Waals surface area contributed by atoms with Crippen molar-refractivity contribution in [2.24, 2.45) is 11.5 Å². The molecule has 6 heteroatoms. The van der Waals surface area contributed by atoms with E-state index in [4.69, 9.17) is 16.2 Å². The first-order valence-corrected chi connectivity index (χ1v) is 6.92. The molecule has 0 bridgehead atoms. The molecule has 110 valence electrons. The highest BCUT2D eigenvalue weighted by molar-refractivity contribution is 5.35. The number of ether oxygens (including phenoxy) is 1. The fourth-order valence-electron chi connectivity index (χ4n) is 3.04. The third kappa shape index (κ3) is 2.51. The number of rotatable bonds is 6. The lowest BCUT2D eigenvalue weighted by molar-refractivity contribution is 0.0646. The largest absolute Gasteiger partial charge is 0.377 e. The predicted octanol–water partition coefficient (Wildman–Crippen LogP) is -0.705. The summed E-state index contributed by atoms with van der Waals surface area (Å²) < 4.78 is 5.36. The molecule has 0 aliphatic carbocycles. The highest BCUT2D eigenvalue weighted by atomic mass is 16.5. The van der Waals surface area contributed by atoms with E-state index in [1.165, 1.54) is 0 Å². The summed E-state index contributed by atoms with van der Waals surface area (Å²) in [5, 5.41) is 13.7. The first-order valence-electron chi connectivity index (χ1n) is 6.92. The molecule has 2 aliphatic rings. The molecule has 2 heterocycles. The van der Waals surface area contributed by atoms with Gasteiger partial charge in [0.25, 0.3) is 0 Å². The third-order valence-electron chi connectivity index (χ3n) is 4.14. The zero-order valence-corrected chi connectivity index (χ0v) is 12.0. The smallest absolute Gasteiger partial charge is 0.133 e. The maximum absolute atomic E-state index is 10.4. The molecule has 0 radical (unpaired) electrons. The van der Waals surface area contributed by atoms with Gasteiger partial charge in [0.2, 0.25) is 0 Å². The molecule has 0 amide bonds. The second-order valence-electron chi connectivity index (χ2n) is 5.56. The zero-order valence-electron chi connectivity index (χ0n) is 12.0. The molecule has 0 aromatic carbocycles. The van der Waals surface area contributed by atoms with Crippen molar-refractivity contribution in [2.45, 2.75) is 50.7 Å². The number of nitrogens with two attached hydrogens (primary N) is 2. The Labute approximate surface area is 114 Å². The molecule has 6 nitrogen and oxygen atoms in total. The number of nitrogens with zero attached hydrogens (tertiary/aromatic N) is 1. The van der Waals surface area contributed by atoms with Gasteiger partial charge in [-0.1, -0.05) is 0 Å². The lowest BCUT2D eigenvalue weighted by Crippen LogP contribution is -2.53. The van der Waals surface area contributed by atoms with E-state index in [1.54, 1.807) is 7.11 Å². The Kier molecular flexibility index (Phi) is 4.17. The Hall–Kier alpha value is -0.660. The van der Waals surface area contributed by atoms with Crippen LogP contribution in [0.5, 0.6) is 0 Å². The summed E-state index contributed by atoms with van der Waals surface area (Å²) in [5.41, 5.74) is 13.4. The first-order chi connectivity index (χ1) is 8.96. The van der Waals surface area contributed by atoms with Gasteiger partial charge in [0.05, 0.1) is 12.6 Å². The molecule has 0 aromatic heterocycles. The van der Waals surface area contributed by atoms with Gasteiger partial charge in [0.15, 0.2) is 0 Å². The zero-order chi connectivity index (χ0) is 14.2. The van der Waals surface area contributed by atoms with Crippen molar-refractivity contribution >= 4 is 0 Å². The summed E-state index contributed by atoms with van der Waals surface area (Å²) in [4.78, 5) is 2.24. The minimum Gasteiger partial charge on any atom is -0.377 e. The van der Waals surface area contributed by atoms with Gasteiger partial charge in [-0.15, -0.1) is 0 Å². The van der Waals surface area contributed by atoms with Crippen LogP contribution in [-0.4, -0.2) is 54.2 Å². The van der Waals surface area contributed by atoms with Crippen LogP contribution in [0.3, 0.4) is 0 Å². The molecule has 6 N–H and O–H groups in total. The van der Waals surface area contributed by atoms with Crippen LogP contribution in [0.4, 0.5) is 0 Å². The number of hydrogen-bond acceptors (Lipinski definition) is 6. The standard InChI is InChI=1S/C13H26N4O2/c1-8(15)11-10(9(2)19-3)12(18)16-13(5-4-6-14)7-17(11)13/h8-9,12,16,18H,4-7,14-15H2,1-3H3/t8-,9?,12+,13+,17?/m1/s1. The number of fused-ring (bicyclic) bond motifs is 1. The number of hydrogen-bond donors (Lipinski definition) is 4. The van der Waals surface area contributed by atoms with E-state index in [0.29, 0.717) is 6.54 Å². The number of aliphatic hydroxyl groups is 1. The maximum atomic E-state index is 10.4. The molecule has 0 spiro atoms. The number of aliphatic hydroxyl groups excluding tert-OH is 1. The van der Waals surface area contributed by atoms with E-state index in [0.717, 1.165) is 30.7 Å². The van der Waals surface area contributed by atoms with Gasteiger partial charge >= 0.3 is 0 Å². The Morgan fingerprint density at radius 2 is 2.26 bits per heavy atom. The van der Waals surface area contributed by atoms with Crippen molar-refractivity contribution in [2.75, 3.05) is 20.2 Å². The average molecular weight is 270 g/mol. The minimum absolute atomic E-state index is 0.121. The molecule has 2 rings (SSSR count). The van der Waals surface area contributed by atoms with E-state index < -0.39 is 6.23 Å². The lowest BCUT2D eigenvalue weighted by Gasteiger charge is -2.36. The Balaban J connectivity index is 2.28. The fourth-order valence-corrected chi connectivity index (χ4v) is 3.04. The molecule has 1 unspecified atom stereocenters. The Bertz CT molecular complexity index is 372. The van der Waals surface area contributed by atoms with Crippen LogP contribution in [0.15, 0.2) is 11.3 Å². The van der Waals surface area contributed by atoms with Gasteiger partial charge < -0.3 is 26.2 Å². The molecule has 1 fully saturated rings.